The van der Waals surface area contributed by atoms with Gasteiger partial charge in [0.25, 0.3) is 0 Å². The molecule has 0 radical (unpaired) electrons. The molecule has 4 heteroatoms. The Morgan fingerprint density at radius 1 is 1.35 bits per heavy atom. The highest BCUT2D eigenvalue weighted by atomic mass is 35.5. The average Bonchev–Trinajstić information content (AvgIpc) is 2.84. The van der Waals surface area contributed by atoms with Crippen LogP contribution in [-0.4, -0.2) is 32.4 Å². The van der Waals surface area contributed by atoms with Crippen LogP contribution in [0.5, 0.6) is 5.75 Å². The van der Waals surface area contributed by atoms with Crippen molar-refractivity contribution in [1.29, 1.82) is 0 Å². The first-order valence-corrected chi connectivity index (χ1v) is 6.54. The van der Waals surface area contributed by atoms with Gasteiger partial charge in [-0.15, -0.1) is 0 Å². The molecule has 1 atom stereocenters. The maximum Gasteiger partial charge on any atom is 0.137 e. The van der Waals surface area contributed by atoms with Gasteiger partial charge in [0.2, 0.25) is 0 Å². The predicted molar refractivity (Wildman–Crippen MR) is 67.6 cm³/mol. The zero-order valence-electron chi connectivity index (χ0n) is 9.90. The van der Waals surface area contributed by atoms with Crippen LogP contribution in [0.3, 0.4) is 0 Å². The summed E-state index contributed by atoms with van der Waals surface area (Å²) in [5.74, 6) is 0.875. The van der Waals surface area contributed by atoms with Gasteiger partial charge in [0, 0.05) is 11.6 Å². The van der Waals surface area contributed by atoms with E-state index in [0.717, 1.165) is 30.5 Å². The predicted octanol–water partition coefficient (Wildman–Crippen LogP) is 1.46. The van der Waals surface area contributed by atoms with Gasteiger partial charge in [-0.25, -0.2) is 0 Å². The molecule has 0 aliphatic carbocycles. The summed E-state index contributed by atoms with van der Waals surface area (Å²) in [4.78, 5) is 0. The fourth-order valence-corrected chi connectivity index (χ4v) is 2.05. The molecular formula is C13H19ClNO2+. The molecule has 1 aromatic carbocycles. The van der Waals surface area contributed by atoms with Crippen molar-refractivity contribution in [1.82, 2.24) is 0 Å². The zero-order valence-corrected chi connectivity index (χ0v) is 10.7. The summed E-state index contributed by atoms with van der Waals surface area (Å²) < 4.78 is 11.1. The van der Waals surface area contributed by atoms with Crippen LogP contribution in [0.1, 0.15) is 12.8 Å². The van der Waals surface area contributed by atoms with Crippen LogP contribution in [0.15, 0.2) is 24.3 Å². The van der Waals surface area contributed by atoms with Crippen molar-refractivity contribution >= 4 is 11.6 Å². The van der Waals surface area contributed by atoms with E-state index < -0.39 is 0 Å². The summed E-state index contributed by atoms with van der Waals surface area (Å²) in [5, 5.41) is 2.99. The average molecular weight is 257 g/mol. The number of quaternary nitrogens is 1. The van der Waals surface area contributed by atoms with Crippen molar-refractivity contribution in [2.45, 2.75) is 18.9 Å². The highest BCUT2D eigenvalue weighted by molar-refractivity contribution is 6.30. The quantitative estimate of drug-likeness (QED) is 0.783. The molecule has 0 spiro atoms. The van der Waals surface area contributed by atoms with E-state index in [9.17, 15) is 0 Å². The van der Waals surface area contributed by atoms with E-state index in [0.29, 0.717) is 12.7 Å². The van der Waals surface area contributed by atoms with E-state index in [2.05, 4.69) is 5.32 Å². The molecule has 94 valence electrons. The molecule has 17 heavy (non-hydrogen) atoms. The lowest BCUT2D eigenvalue weighted by Crippen LogP contribution is -2.87. The molecule has 1 aliphatic rings. The lowest BCUT2D eigenvalue weighted by atomic mass is 10.2. The van der Waals surface area contributed by atoms with Gasteiger partial charge in [0.15, 0.2) is 0 Å². The molecule has 1 aromatic rings. The Morgan fingerprint density at radius 2 is 2.18 bits per heavy atom. The topological polar surface area (TPSA) is 35.1 Å². The maximum atomic E-state index is 5.79. The van der Waals surface area contributed by atoms with Gasteiger partial charge < -0.3 is 14.8 Å². The Labute approximate surface area is 107 Å². The SMILES string of the molecule is Clc1ccc(OCC[NH2+]C[C@@H]2CCCO2)cc1. The van der Waals surface area contributed by atoms with Gasteiger partial charge in [0.1, 0.15) is 31.5 Å². The minimum absolute atomic E-state index is 0.450. The Bertz CT molecular complexity index is 323. The van der Waals surface area contributed by atoms with Gasteiger partial charge in [-0.2, -0.15) is 0 Å². The second-order valence-corrected chi connectivity index (χ2v) is 4.69. The number of ether oxygens (including phenoxy) is 2. The van der Waals surface area contributed by atoms with Crippen LogP contribution in [0.2, 0.25) is 5.02 Å². The monoisotopic (exact) mass is 256 g/mol. The minimum Gasteiger partial charge on any atom is -0.488 e. The van der Waals surface area contributed by atoms with Gasteiger partial charge in [-0.05, 0) is 37.1 Å². The van der Waals surface area contributed by atoms with Crippen LogP contribution in [0.4, 0.5) is 0 Å². The first kappa shape index (κ1) is 12.7. The molecule has 0 saturated carbocycles. The van der Waals surface area contributed by atoms with E-state index in [-0.39, 0.29) is 0 Å². The molecule has 2 N–H and O–H groups in total. The molecular weight excluding hydrogens is 238 g/mol. The molecule has 3 nitrogen and oxygen atoms in total. The molecule has 0 aromatic heterocycles. The van der Waals surface area contributed by atoms with E-state index in [4.69, 9.17) is 21.1 Å². The number of hydrogen-bond acceptors (Lipinski definition) is 2. The highest BCUT2D eigenvalue weighted by Gasteiger charge is 2.16. The van der Waals surface area contributed by atoms with Gasteiger partial charge >= 0.3 is 0 Å². The molecule has 1 fully saturated rings. The van der Waals surface area contributed by atoms with Crippen molar-refractivity contribution in [3.8, 4) is 5.75 Å². The minimum atomic E-state index is 0.450. The Morgan fingerprint density at radius 3 is 2.88 bits per heavy atom. The second-order valence-electron chi connectivity index (χ2n) is 4.25. The fourth-order valence-electron chi connectivity index (χ4n) is 1.92. The lowest BCUT2D eigenvalue weighted by molar-refractivity contribution is -0.661. The van der Waals surface area contributed by atoms with Crippen molar-refractivity contribution < 1.29 is 14.8 Å². The van der Waals surface area contributed by atoms with Crippen LogP contribution in [-0.2, 0) is 4.74 Å². The Hall–Kier alpha value is -0.770. The summed E-state index contributed by atoms with van der Waals surface area (Å²) in [6, 6.07) is 7.46. The third-order valence-electron chi connectivity index (χ3n) is 2.86. The lowest BCUT2D eigenvalue weighted by Gasteiger charge is -2.08. The fraction of sp³-hybridized carbons (Fsp3) is 0.538. The summed E-state index contributed by atoms with van der Waals surface area (Å²) in [5.41, 5.74) is 0. The summed E-state index contributed by atoms with van der Waals surface area (Å²) in [6.45, 7) is 3.65. The van der Waals surface area contributed by atoms with Crippen molar-refractivity contribution in [2.75, 3.05) is 26.3 Å². The molecule has 0 amide bonds. The number of benzene rings is 1. The highest BCUT2D eigenvalue weighted by Crippen LogP contribution is 2.15. The summed E-state index contributed by atoms with van der Waals surface area (Å²) >= 11 is 5.79. The van der Waals surface area contributed by atoms with Crippen molar-refractivity contribution in [3.63, 3.8) is 0 Å². The largest absolute Gasteiger partial charge is 0.488 e. The van der Waals surface area contributed by atoms with E-state index in [1.165, 1.54) is 12.8 Å². The van der Waals surface area contributed by atoms with Crippen LogP contribution >= 0.6 is 11.6 Å². The molecule has 1 saturated heterocycles. The van der Waals surface area contributed by atoms with Crippen LogP contribution in [0.25, 0.3) is 0 Å². The maximum absolute atomic E-state index is 5.79. The third-order valence-corrected chi connectivity index (χ3v) is 3.11. The summed E-state index contributed by atoms with van der Waals surface area (Å²) in [7, 11) is 0. The second kappa shape index (κ2) is 6.84. The number of nitrogens with two attached hydrogens (primary N) is 1. The van der Waals surface area contributed by atoms with Crippen molar-refractivity contribution in [3.05, 3.63) is 29.3 Å². The molecule has 0 unspecified atom stereocenters. The summed E-state index contributed by atoms with van der Waals surface area (Å²) in [6.07, 6.45) is 2.86. The van der Waals surface area contributed by atoms with E-state index >= 15 is 0 Å². The van der Waals surface area contributed by atoms with Crippen LogP contribution < -0.4 is 10.1 Å². The van der Waals surface area contributed by atoms with Gasteiger partial charge in [-0.1, -0.05) is 11.6 Å². The van der Waals surface area contributed by atoms with E-state index in [1.54, 1.807) is 0 Å². The van der Waals surface area contributed by atoms with Crippen molar-refractivity contribution in [2.24, 2.45) is 0 Å². The van der Waals surface area contributed by atoms with Gasteiger partial charge in [-0.3, -0.25) is 0 Å². The number of rotatable bonds is 6. The molecule has 2 rings (SSSR count). The Kier molecular flexibility index (Phi) is 5.10. The zero-order chi connectivity index (χ0) is 11.9. The normalized spacial score (nSPS) is 19.5. The van der Waals surface area contributed by atoms with Crippen LogP contribution in [0, 0.1) is 0 Å². The molecule has 1 aliphatic heterocycles. The number of hydrogen-bond donors (Lipinski definition) is 1. The van der Waals surface area contributed by atoms with Gasteiger partial charge in [0.05, 0.1) is 0 Å². The first-order chi connectivity index (χ1) is 8.34. The molecule has 0 bridgehead atoms. The smallest absolute Gasteiger partial charge is 0.137 e. The molecule has 1 heterocycles. The van der Waals surface area contributed by atoms with E-state index in [1.807, 2.05) is 24.3 Å². The third kappa shape index (κ3) is 4.54. The number of halogens is 1. The Balaban J connectivity index is 1.55. The standard InChI is InChI=1S/C13H18ClNO2/c14-11-3-5-12(6-4-11)17-9-7-15-10-13-2-1-8-16-13/h3-6,13,15H,1-2,7-10H2/p+1/t13-/m0/s1. The first-order valence-electron chi connectivity index (χ1n) is 6.16.